The van der Waals surface area contributed by atoms with Gasteiger partial charge in [0.15, 0.2) is 5.78 Å². The van der Waals surface area contributed by atoms with Gasteiger partial charge in [-0.15, -0.1) is 0 Å². The molecule has 2 aromatic rings. The molecule has 0 spiro atoms. The Kier molecular flexibility index (Phi) is 5.54. The lowest BCUT2D eigenvalue weighted by Gasteiger charge is -2.26. The van der Waals surface area contributed by atoms with Crippen molar-refractivity contribution in [2.75, 3.05) is 18.0 Å². The van der Waals surface area contributed by atoms with Crippen molar-refractivity contribution >= 4 is 41.0 Å². The van der Waals surface area contributed by atoms with Crippen LogP contribution in [0.15, 0.2) is 65.5 Å². The van der Waals surface area contributed by atoms with Crippen LogP contribution in [0.3, 0.4) is 0 Å². The number of hydrogen-bond acceptors (Lipinski definition) is 5. The van der Waals surface area contributed by atoms with E-state index in [9.17, 15) is 14.4 Å². The number of anilines is 1. The Hall–Kier alpha value is -3.38. The van der Waals surface area contributed by atoms with E-state index in [1.165, 1.54) is 4.90 Å². The summed E-state index contributed by atoms with van der Waals surface area (Å²) in [5, 5.41) is 3.96. The molecule has 6 nitrogen and oxygen atoms in total. The van der Waals surface area contributed by atoms with Crippen LogP contribution in [0.1, 0.15) is 30.4 Å². The van der Waals surface area contributed by atoms with Gasteiger partial charge in [-0.1, -0.05) is 41.4 Å². The minimum atomic E-state index is -0.603. The summed E-state index contributed by atoms with van der Waals surface area (Å²) in [7, 11) is 0. The van der Waals surface area contributed by atoms with Gasteiger partial charge < -0.3 is 10.2 Å². The van der Waals surface area contributed by atoms with Crippen LogP contribution >= 0.6 is 11.6 Å². The smallest absolute Gasteiger partial charge is 0.257 e. The molecule has 1 N–H and O–H groups in total. The van der Waals surface area contributed by atoms with E-state index in [0.29, 0.717) is 48.0 Å². The average Bonchev–Trinajstić information content (AvgIpc) is 3.49. The Bertz CT molecular complexity index is 1200. The number of carbonyl (C=O) groups excluding carboxylic acids is 3. The molecular formula is C26H24ClN3O3. The van der Waals surface area contributed by atoms with Crippen molar-refractivity contribution < 1.29 is 14.4 Å². The number of carbonyl (C=O) groups is 3. The molecule has 3 aliphatic rings. The van der Waals surface area contributed by atoms with Crippen LogP contribution in [-0.4, -0.2) is 41.6 Å². The zero-order valence-corrected chi connectivity index (χ0v) is 19.1. The first-order valence-electron chi connectivity index (χ1n) is 11.1. The van der Waals surface area contributed by atoms with E-state index in [1.807, 2.05) is 42.2 Å². The van der Waals surface area contributed by atoms with Gasteiger partial charge in [0, 0.05) is 29.3 Å². The molecule has 3 fully saturated rings. The lowest BCUT2D eigenvalue weighted by molar-refractivity contribution is -0.122. The fraction of sp³-hybridized carbons (Fsp3) is 0.269. The molecule has 0 radical (unpaired) electrons. The summed E-state index contributed by atoms with van der Waals surface area (Å²) >= 11 is 5.96. The van der Waals surface area contributed by atoms with Gasteiger partial charge >= 0.3 is 0 Å². The molecule has 1 aliphatic carbocycles. The average molecular weight is 462 g/mol. The first-order chi connectivity index (χ1) is 15.9. The topological polar surface area (TPSA) is 69.7 Å². The third kappa shape index (κ3) is 3.95. The molecule has 2 saturated heterocycles. The first kappa shape index (κ1) is 21.5. The summed E-state index contributed by atoms with van der Waals surface area (Å²) < 4.78 is 0. The maximum atomic E-state index is 13.3. The molecule has 168 valence electrons. The highest BCUT2D eigenvalue weighted by atomic mass is 35.5. The van der Waals surface area contributed by atoms with Crippen molar-refractivity contribution in [3.8, 4) is 0 Å². The van der Waals surface area contributed by atoms with E-state index < -0.39 is 6.04 Å². The Morgan fingerprint density at radius 1 is 1.00 bits per heavy atom. The molecule has 0 bridgehead atoms. The highest BCUT2D eigenvalue weighted by Crippen LogP contribution is 2.34. The number of ketones is 1. The normalized spacial score (nSPS) is 24.4. The minimum Gasteiger partial charge on any atom is -0.370 e. The van der Waals surface area contributed by atoms with Crippen LogP contribution < -0.4 is 10.2 Å². The molecule has 2 heterocycles. The number of benzene rings is 2. The van der Waals surface area contributed by atoms with Gasteiger partial charge in [0.05, 0.1) is 12.1 Å². The zero-order chi connectivity index (χ0) is 23.1. The molecule has 1 unspecified atom stereocenters. The van der Waals surface area contributed by atoms with Gasteiger partial charge in [-0.3, -0.25) is 14.4 Å². The lowest BCUT2D eigenvalue weighted by Crippen LogP contribution is -2.41. The van der Waals surface area contributed by atoms with Crippen LogP contribution in [0, 0.1) is 6.92 Å². The van der Waals surface area contributed by atoms with Crippen molar-refractivity contribution in [1.82, 2.24) is 10.2 Å². The van der Waals surface area contributed by atoms with Gasteiger partial charge in [0.25, 0.3) is 5.91 Å². The maximum Gasteiger partial charge on any atom is 0.257 e. The van der Waals surface area contributed by atoms with E-state index in [1.54, 1.807) is 24.3 Å². The highest BCUT2D eigenvalue weighted by Gasteiger charge is 2.45. The van der Waals surface area contributed by atoms with Crippen LogP contribution in [-0.2, 0) is 14.4 Å². The predicted molar refractivity (Wildman–Crippen MR) is 127 cm³/mol. The van der Waals surface area contributed by atoms with Gasteiger partial charge in [-0.25, -0.2) is 4.90 Å². The molecule has 2 aromatic carbocycles. The van der Waals surface area contributed by atoms with E-state index in [-0.39, 0.29) is 24.0 Å². The van der Waals surface area contributed by atoms with E-state index in [0.717, 1.165) is 16.7 Å². The molecule has 1 atom stereocenters. The summed E-state index contributed by atoms with van der Waals surface area (Å²) in [6, 6.07) is 14.1. The number of imide groups is 1. The Morgan fingerprint density at radius 2 is 1.73 bits per heavy atom. The lowest BCUT2D eigenvalue weighted by atomic mass is 10.1. The van der Waals surface area contributed by atoms with Crippen LogP contribution in [0.5, 0.6) is 0 Å². The van der Waals surface area contributed by atoms with E-state index >= 15 is 0 Å². The fourth-order valence-corrected chi connectivity index (χ4v) is 4.85. The summed E-state index contributed by atoms with van der Waals surface area (Å²) in [6.07, 6.45) is 3.25. The summed E-state index contributed by atoms with van der Waals surface area (Å²) in [5.41, 5.74) is 4.00. The molecule has 5 rings (SSSR count). The van der Waals surface area contributed by atoms with Crippen molar-refractivity contribution in [3.05, 3.63) is 81.6 Å². The third-order valence-electron chi connectivity index (χ3n) is 6.43. The number of nitrogens with one attached hydrogen (secondary N) is 1. The number of halogens is 1. The number of allylic oxidation sites excluding steroid dienone is 2. The second-order valence-electron chi connectivity index (χ2n) is 8.62. The quantitative estimate of drug-likeness (QED) is 0.555. The molecule has 1 saturated carbocycles. The molecule has 2 amide bonds. The van der Waals surface area contributed by atoms with Crippen molar-refractivity contribution in [2.45, 2.75) is 32.2 Å². The molecule has 2 aliphatic heterocycles. The number of amides is 2. The molecule has 33 heavy (non-hydrogen) atoms. The van der Waals surface area contributed by atoms with E-state index in [2.05, 4.69) is 5.32 Å². The molecule has 0 aromatic heterocycles. The largest absolute Gasteiger partial charge is 0.370 e. The Morgan fingerprint density at radius 3 is 2.45 bits per heavy atom. The van der Waals surface area contributed by atoms with Crippen molar-refractivity contribution in [1.29, 1.82) is 0 Å². The number of aryl methyl sites for hydroxylation is 1. The zero-order valence-electron chi connectivity index (χ0n) is 18.3. The van der Waals surface area contributed by atoms with Crippen LogP contribution in [0.2, 0.25) is 5.02 Å². The number of Topliss-reactive ketones (excluding diaryl/α,β-unsaturated/α-hetero) is 1. The summed E-state index contributed by atoms with van der Waals surface area (Å²) in [4.78, 5) is 42.4. The van der Waals surface area contributed by atoms with Crippen molar-refractivity contribution in [2.24, 2.45) is 0 Å². The molecule has 7 heteroatoms. The molecular weight excluding hydrogens is 438 g/mol. The standard InChI is InChI=1S/C26H24ClN3O3/c1-16-2-9-20(10-3-16)30-23(31)15-22(26(30)33)29-13-12-28-25(29)21-11-6-18(24(21)32)14-17-4-7-19(27)8-5-17/h2-5,7-10,14,22,28H,6,11-13,15H2,1H3/b18-14-,25-21+. The highest BCUT2D eigenvalue weighted by molar-refractivity contribution is 6.30. The number of nitrogens with zero attached hydrogens (tertiary/aromatic N) is 2. The van der Waals surface area contributed by atoms with Crippen LogP contribution in [0.25, 0.3) is 6.08 Å². The van der Waals surface area contributed by atoms with Gasteiger partial charge in [-0.05, 0) is 55.7 Å². The maximum absolute atomic E-state index is 13.3. The number of hydrogen-bond donors (Lipinski definition) is 1. The van der Waals surface area contributed by atoms with E-state index in [4.69, 9.17) is 11.6 Å². The Labute approximate surface area is 197 Å². The monoisotopic (exact) mass is 461 g/mol. The SMILES string of the molecule is Cc1ccc(N2C(=O)CC(N3CCN/C3=C3/CC/C(=C/c4ccc(Cl)cc4)C3=O)C2=O)cc1. The first-order valence-corrected chi connectivity index (χ1v) is 11.5. The second-order valence-corrected chi connectivity index (χ2v) is 9.06. The minimum absolute atomic E-state index is 0.00786. The van der Waals surface area contributed by atoms with Crippen molar-refractivity contribution in [3.63, 3.8) is 0 Å². The predicted octanol–water partition coefficient (Wildman–Crippen LogP) is 3.84. The summed E-state index contributed by atoms with van der Waals surface area (Å²) in [5.74, 6) is 0.224. The van der Waals surface area contributed by atoms with Crippen LogP contribution in [0.4, 0.5) is 5.69 Å². The Balaban J connectivity index is 1.40. The number of rotatable bonds is 3. The summed E-state index contributed by atoms with van der Waals surface area (Å²) in [6.45, 7) is 3.17. The van der Waals surface area contributed by atoms with Gasteiger partial charge in [0.1, 0.15) is 11.9 Å². The van der Waals surface area contributed by atoms with Gasteiger partial charge in [0.2, 0.25) is 5.91 Å². The second kappa shape index (κ2) is 8.52. The fourth-order valence-electron chi connectivity index (χ4n) is 4.73. The van der Waals surface area contributed by atoms with Gasteiger partial charge in [-0.2, -0.15) is 0 Å². The third-order valence-corrected chi connectivity index (χ3v) is 6.68.